The molecule has 0 aromatic heterocycles. The van der Waals surface area contributed by atoms with Crippen LogP contribution in [0, 0.1) is 11.3 Å². The summed E-state index contributed by atoms with van der Waals surface area (Å²) in [5.74, 6) is -0.758. The Labute approximate surface area is 162 Å². The van der Waals surface area contributed by atoms with Crippen LogP contribution in [-0.4, -0.2) is 30.2 Å². The number of carboxylic acid groups (broad SMARTS) is 1. The van der Waals surface area contributed by atoms with E-state index in [4.69, 9.17) is 14.6 Å². The van der Waals surface area contributed by atoms with Crippen LogP contribution in [0.15, 0.2) is 48.0 Å². The molecule has 0 aliphatic carbocycles. The molecule has 2 N–H and O–H groups in total. The third-order valence-electron chi connectivity index (χ3n) is 3.64. The van der Waals surface area contributed by atoms with Crippen molar-refractivity contribution in [1.29, 1.82) is 5.26 Å². The van der Waals surface area contributed by atoms with Crippen molar-refractivity contribution in [2.45, 2.75) is 20.0 Å². The number of hydrogen-bond acceptors (Lipinski definition) is 5. The van der Waals surface area contributed by atoms with Gasteiger partial charge in [-0.2, -0.15) is 5.26 Å². The second-order valence-corrected chi connectivity index (χ2v) is 6.05. The Balaban J connectivity index is 2.31. The van der Waals surface area contributed by atoms with Crippen molar-refractivity contribution in [1.82, 2.24) is 0 Å². The quantitative estimate of drug-likeness (QED) is 0.560. The predicted octanol–water partition coefficient (Wildman–Crippen LogP) is 3.73. The second-order valence-electron chi connectivity index (χ2n) is 6.05. The van der Waals surface area contributed by atoms with Gasteiger partial charge in [0.05, 0.1) is 18.8 Å². The number of carbonyl (C=O) groups excluding carboxylic acids is 1. The summed E-state index contributed by atoms with van der Waals surface area (Å²) in [4.78, 5) is 23.4. The fourth-order valence-corrected chi connectivity index (χ4v) is 2.37. The number of para-hydroxylation sites is 1. The predicted molar refractivity (Wildman–Crippen MR) is 104 cm³/mol. The minimum Gasteiger partial charge on any atom is -0.493 e. The van der Waals surface area contributed by atoms with Gasteiger partial charge in [0.2, 0.25) is 0 Å². The molecule has 0 heterocycles. The average molecular weight is 380 g/mol. The second kappa shape index (κ2) is 9.24. The van der Waals surface area contributed by atoms with Crippen LogP contribution in [0.4, 0.5) is 5.69 Å². The number of rotatable bonds is 7. The molecule has 2 rings (SSSR count). The number of aromatic carboxylic acids is 1. The maximum absolute atomic E-state index is 12.5. The fraction of sp³-hybridized carbons (Fsp3) is 0.190. The molecule has 0 radical (unpaired) electrons. The van der Waals surface area contributed by atoms with Gasteiger partial charge in [0, 0.05) is 11.3 Å². The number of nitrogens with one attached hydrogen (secondary N) is 1. The molecule has 1 amide bonds. The Kier molecular flexibility index (Phi) is 6.77. The summed E-state index contributed by atoms with van der Waals surface area (Å²) in [7, 11) is 1.51. The smallest absolute Gasteiger partial charge is 0.335 e. The average Bonchev–Trinajstić information content (AvgIpc) is 2.66. The number of carboxylic acids is 1. The Morgan fingerprint density at radius 2 is 1.86 bits per heavy atom. The van der Waals surface area contributed by atoms with Gasteiger partial charge < -0.3 is 19.9 Å². The Morgan fingerprint density at radius 3 is 2.39 bits per heavy atom. The van der Waals surface area contributed by atoms with Crippen molar-refractivity contribution in [2.75, 3.05) is 12.4 Å². The highest BCUT2D eigenvalue weighted by molar-refractivity contribution is 6.10. The first-order valence-electron chi connectivity index (χ1n) is 8.46. The van der Waals surface area contributed by atoms with Gasteiger partial charge in [0.1, 0.15) is 11.6 Å². The number of carbonyl (C=O) groups is 2. The first-order valence-corrected chi connectivity index (χ1v) is 8.46. The highest BCUT2D eigenvalue weighted by atomic mass is 16.5. The van der Waals surface area contributed by atoms with Gasteiger partial charge in [-0.3, -0.25) is 4.79 Å². The van der Waals surface area contributed by atoms with Crippen LogP contribution in [0.25, 0.3) is 6.08 Å². The first kappa shape index (κ1) is 20.5. The van der Waals surface area contributed by atoms with Crippen LogP contribution in [0.2, 0.25) is 0 Å². The fourth-order valence-electron chi connectivity index (χ4n) is 2.37. The molecule has 2 aromatic rings. The lowest BCUT2D eigenvalue weighted by atomic mass is 10.1. The van der Waals surface area contributed by atoms with Gasteiger partial charge in [-0.05, 0) is 50.3 Å². The molecule has 0 atom stereocenters. The van der Waals surface area contributed by atoms with Gasteiger partial charge >= 0.3 is 5.97 Å². The van der Waals surface area contributed by atoms with Crippen molar-refractivity contribution in [3.05, 3.63) is 59.2 Å². The molecule has 0 aliphatic rings. The zero-order chi connectivity index (χ0) is 20.7. The van der Waals surface area contributed by atoms with E-state index in [0.29, 0.717) is 22.7 Å². The molecule has 0 aliphatic heterocycles. The van der Waals surface area contributed by atoms with Crippen LogP contribution in [0.1, 0.15) is 29.8 Å². The van der Waals surface area contributed by atoms with Crippen LogP contribution in [0.3, 0.4) is 0 Å². The monoisotopic (exact) mass is 380 g/mol. The van der Waals surface area contributed by atoms with Gasteiger partial charge in [-0.1, -0.05) is 12.1 Å². The van der Waals surface area contributed by atoms with Gasteiger partial charge in [0.25, 0.3) is 5.91 Å². The molecule has 7 nitrogen and oxygen atoms in total. The van der Waals surface area contributed by atoms with Gasteiger partial charge in [-0.25, -0.2) is 4.79 Å². The first-order chi connectivity index (χ1) is 13.3. The van der Waals surface area contributed by atoms with E-state index in [9.17, 15) is 14.9 Å². The van der Waals surface area contributed by atoms with E-state index in [1.807, 2.05) is 19.9 Å². The van der Waals surface area contributed by atoms with Crippen molar-refractivity contribution in [3.63, 3.8) is 0 Å². The number of anilines is 1. The van der Waals surface area contributed by atoms with Crippen molar-refractivity contribution < 1.29 is 24.2 Å². The number of nitrogens with zero attached hydrogens (tertiary/aromatic N) is 1. The van der Waals surface area contributed by atoms with Crippen molar-refractivity contribution >= 4 is 23.6 Å². The van der Waals surface area contributed by atoms with Gasteiger partial charge in [0.15, 0.2) is 11.5 Å². The van der Waals surface area contributed by atoms with E-state index in [1.165, 1.54) is 37.5 Å². The number of methoxy groups -OCH3 is 1. The maximum Gasteiger partial charge on any atom is 0.335 e. The molecule has 0 unspecified atom stereocenters. The largest absolute Gasteiger partial charge is 0.493 e. The van der Waals surface area contributed by atoms with E-state index >= 15 is 0 Å². The zero-order valence-electron chi connectivity index (χ0n) is 15.7. The van der Waals surface area contributed by atoms with E-state index < -0.39 is 11.9 Å². The maximum atomic E-state index is 12.5. The third-order valence-corrected chi connectivity index (χ3v) is 3.64. The molecule has 7 heteroatoms. The lowest BCUT2D eigenvalue weighted by Gasteiger charge is -2.16. The summed E-state index contributed by atoms with van der Waals surface area (Å²) in [6.07, 6.45) is 1.29. The Morgan fingerprint density at radius 1 is 1.18 bits per heavy atom. The van der Waals surface area contributed by atoms with Crippen LogP contribution < -0.4 is 14.8 Å². The highest BCUT2D eigenvalue weighted by Gasteiger charge is 2.15. The summed E-state index contributed by atoms with van der Waals surface area (Å²) >= 11 is 0. The van der Waals surface area contributed by atoms with Crippen LogP contribution in [-0.2, 0) is 4.79 Å². The zero-order valence-corrected chi connectivity index (χ0v) is 15.7. The summed E-state index contributed by atoms with van der Waals surface area (Å²) in [6.45, 7) is 3.72. The van der Waals surface area contributed by atoms with E-state index in [-0.39, 0.29) is 17.2 Å². The lowest BCUT2D eigenvalue weighted by molar-refractivity contribution is -0.112. The minimum atomic E-state index is -1.06. The molecule has 0 spiro atoms. The Bertz CT molecular complexity index is 940. The molecular formula is C21H20N2O5. The number of ether oxygens (including phenoxy) is 2. The number of hydrogen-bond donors (Lipinski definition) is 2. The molecule has 2 aromatic carbocycles. The summed E-state index contributed by atoms with van der Waals surface area (Å²) in [5.41, 5.74) is 0.867. The van der Waals surface area contributed by atoms with E-state index in [0.717, 1.165) is 0 Å². The van der Waals surface area contributed by atoms with Crippen LogP contribution >= 0.6 is 0 Å². The molecular weight excluding hydrogens is 360 g/mol. The third kappa shape index (κ3) is 5.11. The molecule has 0 bridgehead atoms. The highest BCUT2D eigenvalue weighted by Crippen LogP contribution is 2.33. The summed E-state index contributed by atoms with van der Waals surface area (Å²) in [6, 6.07) is 12.7. The molecule has 0 saturated heterocycles. The minimum absolute atomic E-state index is 0.0981. The van der Waals surface area contributed by atoms with Crippen molar-refractivity contribution in [3.8, 4) is 17.6 Å². The van der Waals surface area contributed by atoms with Crippen LogP contribution in [0.5, 0.6) is 11.5 Å². The summed E-state index contributed by atoms with van der Waals surface area (Å²) < 4.78 is 11.1. The summed E-state index contributed by atoms with van der Waals surface area (Å²) in [5, 5.41) is 20.9. The van der Waals surface area contributed by atoms with E-state index in [2.05, 4.69) is 5.32 Å². The number of nitriles is 1. The molecule has 0 fully saturated rings. The number of amides is 1. The van der Waals surface area contributed by atoms with Crippen molar-refractivity contribution in [2.24, 2.45) is 0 Å². The molecule has 0 saturated carbocycles. The molecule has 28 heavy (non-hydrogen) atoms. The normalized spacial score (nSPS) is 10.9. The van der Waals surface area contributed by atoms with Gasteiger partial charge in [-0.15, -0.1) is 0 Å². The lowest BCUT2D eigenvalue weighted by Crippen LogP contribution is -2.14. The SMILES string of the molecule is COc1cccc(/C=C(\C#N)C(=O)Nc2ccc(C(=O)O)cc2)c1OC(C)C. The number of benzene rings is 2. The topological polar surface area (TPSA) is 109 Å². The van der Waals surface area contributed by atoms with E-state index in [1.54, 1.807) is 18.2 Å². The standard InChI is InChI=1S/C21H20N2O5/c1-13(2)28-19-15(5-4-6-18(19)27-3)11-16(12-22)20(24)23-17-9-7-14(8-10-17)21(25)26/h4-11,13H,1-3H3,(H,23,24)(H,25,26)/b16-11+. The molecule has 144 valence electrons. The Hall–Kier alpha value is -3.79.